The second-order valence-electron chi connectivity index (χ2n) is 8.26. The molecule has 1 aliphatic heterocycles. The van der Waals surface area contributed by atoms with Crippen molar-refractivity contribution in [2.75, 3.05) is 52.9 Å². The van der Waals surface area contributed by atoms with Crippen molar-refractivity contribution < 1.29 is 0 Å². The summed E-state index contributed by atoms with van der Waals surface area (Å²) in [5.74, 6) is 0.908. The van der Waals surface area contributed by atoms with E-state index in [1.807, 2.05) is 0 Å². The van der Waals surface area contributed by atoms with Gasteiger partial charge in [0.2, 0.25) is 0 Å². The number of hydrogen-bond acceptors (Lipinski definition) is 5. The van der Waals surface area contributed by atoms with Crippen LogP contribution in [-0.2, 0) is 6.42 Å². The molecule has 0 amide bonds. The predicted molar refractivity (Wildman–Crippen MR) is 132 cm³/mol. The van der Waals surface area contributed by atoms with Crippen molar-refractivity contribution in [3.63, 3.8) is 0 Å². The van der Waals surface area contributed by atoms with E-state index >= 15 is 0 Å². The fourth-order valence-corrected chi connectivity index (χ4v) is 4.89. The van der Waals surface area contributed by atoms with E-state index in [-0.39, 0.29) is 0 Å². The van der Waals surface area contributed by atoms with Crippen molar-refractivity contribution in [2.24, 2.45) is 4.99 Å². The third-order valence-electron chi connectivity index (χ3n) is 5.80. The Morgan fingerprint density at radius 2 is 2.00 bits per heavy atom. The van der Waals surface area contributed by atoms with Crippen LogP contribution in [0.4, 0.5) is 0 Å². The topological polar surface area (TPSA) is 55.8 Å². The molecule has 3 rings (SSSR count). The first-order valence-corrected chi connectivity index (χ1v) is 12.3. The Morgan fingerprint density at radius 1 is 1.19 bits per heavy atom. The lowest BCUT2D eigenvalue weighted by Gasteiger charge is -2.40. The minimum atomic E-state index is 0.473. The van der Waals surface area contributed by atoms with Crippen LogP contribution in [0.25, 0.3) is 0 Å². The maximum atomic E-state index is 4.80. The van der Waals surface area contributed by atoms with Gasteiger partial charge in [-0.05, 0) is 39.8 Å². The van der Waals surface area contributed by atoms with Crippen molar-refractivity contribution in [2.45, 2.75) is 39.7 Å². The third-order valence-corrected chi connectivity index (χ3v) is 6.93. The van der Waals surface area contributed by atoms with Gasteiger partial charge in [0.05, 0.1) is 10.7 Å². The van der Waals surface area contributed by atoms with E-state index in [1.54, 1.807) is 11.3 Å². The summed E-state index contributed by atoms with van der Waals surface area (Å²) < 4.78 is 0. The van der Waals surface area contributed by atoms with Gasteiger partial charge < -0.3 is 15.5 Å². The first-order chi connectivity index (χ1) is 15.1. The number of nitrogens with one attached hydrogen (secondary N) is 2. The lowest BCUT2D eigenvalue weighted by Crippen LogP contribution is -2.47. The van der Waals surface area contributed by atoms with E-state index in [4.69, 9.17) is 4.99 Å². The lowest BCUT2D eigenvalue weighted by atomic mass is 10.0. The van der Waals surface area contributed by atoms with Crippen molar-refractivity contribution in [3.8, 4) is 0 Å². The summed E-state index contributed by atoms with van der Waals surface area (Å²) in [6, 6.07) is 11.4. The van der Waals surface area contributed by atoms with Gasteiger partial charge >= 0.3 is 0 Å². The van der Waals surface area contributed by atoms with Crippen LogP contribution in [0.5, 0.6) is 0 Å². The minimum absolute atomic E-state index is 0.473. The van der Waals surface area contributed by atoms with Crippen molar-refractivity contribution in [1.82, 2.24) is 25.4 Å². The van der Waals surface area contributed by atoms with Crippen molar-refractivity contribution in [1.29, 1.82) is 0 Å². The molecular formula is C24H38N6S. The number of hydrogen-bond donors (Lipinski definition) is 2. The zero-order chi connectivity index (χ0) is 22.1. The fraction of sp³-hybridized carbons (Fsp3) is 0.583. The Morgan fingerprint density at radius 3 is 2.71 bits per heavy atom. The summed E-state index contributed by atoms with van der Waals surface area (Å²) >= 11 is 1.79. The number of aromatic nitrogens is 1. The molecule has 31 heavy (non-hydrogen) atoms. The molecule has 1 aliphatic rings. The van der Waals surface area contributed by atoms with Crippen LogP contribution in [0.3, 0.4) is 0 Å². The zero-order valence-electron chi connectivity index (χ0n) is 19.5. The van der Waals surface area contributed by atoms with Crippen LogP contribution < -0.4 is 10.6 Å². The van der Waals surface area contributed by atoms with E-state index in [0.29, 0.717) is 6.04 Å². The summed E-state index contributed by atoms with van der Waals surface area (Å²) in [4.78, 5) is 15.8. The van der Waals surface area contributed by atoms with Crippen LogP contribution in [0, 0.1) is 13.8 Å². The Hall–Kier alpha value is -1.96. The number of aryl methyl sites for hydroxylation is 2. The maximum absolute atomic E-state index is 4.80. The standard InChI is InChI=1S/C24H38N6S/c1-5-25-24(27-14-12-23-28-19(2)20(3)31-23)26-13-9-15-30-17-16-29(4)18-22(30)21-10-7-6-8-11-21/h6-8,10-11,22H,5,9,12-18H2,1-4H3,(H2,25,26,27). The van der Waals surface area contributed by atoms with E-state index in [0.717, 1.165) is 70.3 Å². The Bertz CT molecular complexity index is 799. The average Bonchev–Trinajstić information content (AvgIpc) is 3.09. The van der Waals surface area contributed by atoms with Gasteiger partial charge in [0.25, 0.3) is 0 Å². The summed E-state index contributed by atoms with van der Waals surface area (Å²) in [7, 11) is 2.22. The van der Waals surface area contributed by atoms with Gasteiger partial charge in [-0.15, -0.1) is 11.3 Å². The third kappa shape index (κ3) is 7.30. The summed E-state index contributed by atoms with van der Waals surface area (Å²) in [6.45, 7) is 13.3. The van der Waals surface area contributed by atoms with Gasteiger partial charge in [-0.3, -0.25) is 9.89 Å². The first kappa shape index (κ1) is 23.7. The summed E-state index contributed by atoms with van der Waals surface area (Å²) in [5, 5.41) is 8.02. The highest BCUT2D eigenvalue weighted by molar-refractivity contribution is 7.11. The van der Waals surface area contributed by atoms with Crippen LogP contribution >= 0.6 is 11.3 Å². The van der Waals surface area contributed by atoms with E-state index in [1.165, 1.54) is 15.4 Å². The molecule has 0 spiro atoms. The molecular weight excluding hydrogens is 404 g/mol. The molecule has 2 heterocycles. The second-order valence-corrected chi connectivity index (χ2v) is 9.55. The lowest BCUT2D eigenvalue weighted by molar-refractivity contribution is 0.0894. The molecule has 0 bridgehead atoms. The molecule has 0 aliphatic carbocycles. The smallest absolute Gasteiger partial charge is 0.191 e. The molecule has 1 unspecified atom stereocenters. The number of likely N-dealkylation sites (N-methyl/N-ethyl adjacent to an activating group) is 1. The molecule has 0 radical (unpaired) electrons. The van der Waals surface area contributed by atoms with E-state index < -0.39 is 0 Å². The largest absolute Gasteiger partial charge is 0.357 e. The highest BCUT2D eigenvalue weighted by Crippen LogP contribution is 2.24. The molecule has 170 valence electrons. The normalized spacial score (nSPS) is 18.3. The Balaban J connectivity index is 1.47. The van der Waals surface area contributed by atoms with Gasteiger partial charge in [-0.2, -0.15) is 0 Å². The highest BCUT2D eigenvalue weighted by Gasteiger charge is 2.25. The number of thiazole rings is 1. The number of rotatable bonds is 9. The number of nitrogens with zero attached hydrogens (tertiary/aromatic N) is 4. The van der Waals surface area contributed by atoms with Gasteiger partial charge in [0.1, 0.15) is 0 Å². The molecule has 6 nitrogen and oxygen atoms in total. The van der Waals surface area contributed by atoms with Crippen LogP contribution in [0.15, 0.2) is 35.3 Å². The molecule has 1 saturated heterocycles. The highest BCUT2D eigenvalue weighted by atomic mass is 32.1. The van der Waals surface area contributed by atoms with Crippen molar-refractivity contribution in [3.05, 3.63) is 51.5 Å². The fourth-order valence-electron chi connectivity index (χ4n) is 3.96. The van der Waals surface area contributed by atoms with Gasteiger partial charge in [0, 0.05) is 63.2 Å². The quantitative estimate of drug-likeness (QED) is 0.355. The SMILES string of the molecule is CCNC(=NCCCN1CCN(C)CC1c1ccccc1)NCCc1nc(C)c(C)s1. The van der Waals surface area contributed by atoms with Crippen LogP contribution in [-0.4, -0.2) is 73.6 Å². The zero-order valence-corrected chi connectivity index (χ0v) is 20.3. The Labute approximate surface area is 191 Å². The number of guanidine groups is 1. The first-order valence-electron chi connectivity index (χ1n) is 11.5. The van der Waals surface area contributed by atoms with Gasteiger partial charge in [-0.25, -0.2) is 4.98 Å². The molecule has 7 heteroatoms. The van der Waals surface area contributed by atoms with E-state index in [9.17, 15) is 0 Å². The number of piperazine rings is 1. The predicted octanol–water partition coefficient (Wildman–Crippen LogP) is 3.24. The Kier molecular flexibility index (Phi) is 9.31. The van der Waals surface area contributed by atoms with Gasteiger partial charge in [0.15, 0.2) is 5.96 Å². The van der Waals surface area contributed by atoms with Crippen LogP contribution in [0.1, 0.15) is 40.5 Å². The van der Waals surface area contributed by atoms with Gasteiger partial charge in [-0.1, -0.05) is 30.3 Å². The minimum Gasteiger partial charge on any atom is -0.357 e. The number of aliphatic imine (C=N–C) groups is 1. The molecule has 1 fully saturated rings. The molecule has 0 saturated carbocycles. The number of benzene rings is 1. The van der Waals surface area contributed by atoms with E-state index in [2.05, 4.69) is 83.6 Å². The summed E-state index contributed by atoms with van der Waals surface area (Å²) in [5.41, 5.74) is 2.57. The molecule has 2 N–H and O–H groups in total. The monoisotopic (exact) mass is 442 g/mol. The average molecular weight is 443 g/mol. The maximum Gasteiger partial charge on any atom is 0.191 e. The second kappa shape index (κ2) is 12.2. The molecule has 1 aromatic heterocycles. The molecule has 2 aromatic rings. The van der Waals surface area contributed by atoms with Crippen LogP contribution in [0.2, 0.25) is 0 Å². The molecule has 1 aromatic carbocycles. The molecule has 1 atom stereocenters. The van der Waals surface area contributed by atoms with Crippen molar-refractivity contribution >= 4 is 17.3 Å². The summed E-state index contributed by atoms with van der Waals surface area (Å²) in [6.07, 6.45) is 2.00.